The predicted octanol–water partition coefficient (Wildman–Crippen LogP) is 6.44. The van der Waals surface area contributed by atoms with Crippen molar-refractivity contribution in [3.63, 3.8) is 0 Å². The van der Waals surface area contributed by atoms with Crippen LogP contribution < -0.4 is 0 Å². The lowest BCUT2D eigenvalue weighted by Gasteiger charge is -2.06. The minimum Gasteiger partial charge on any atom is -0.463 e. The van der Waals surface area contributed by atoms with Gasteiger partial charge < -0.3 is 9.47 Å². The molecule has 0 saturated heterocycles. The molecule has 0 atom stereocenters. The maximum absolute atomic E-state index is 11.6. The van der Waals surface area contributed by atoms with Gasteiger partial charge in [0.05, 0.1) is 6.61 Å². The highest BCUT2D eigenvalue weighted by atomic mass is 16.6. The molecule has 0 unspecified atom stereocenters. The fourth-order valence-electron chi connectivity index (χ4n) is 2.78. The van der Waals surface area contributed by atoms with Gasteiger partial charge in [0.1, 0.15) is 6.61 Å². The van der Waals surface area contributed by atoms with Gasteiger partial charge in [-0.05, 0) is 12.8 Å². The van der Waals surface area contributed by atoms with Crippen LogP contribution in [0.1, 0.15) is 110 Å². The van der Waals surface area contributed by atoms with Gasteiger partial charge in [-0.15, -0.1) is 0 Å². The minimum absolute atomic E-state index is 0.0666. The van der Waals surface area contributed by atoms with Crippen molar-refractivity contribution in [1.82, 2.24) is 0 Å². The van der Waals surface area contributed by atoms with Gasteiger partial charge in [-0.3, -0.25) is 4.79 Å². The monoisotopic (exact) mass is 342 g/mol. The van der Waals surface area contributed by atoms with Crippen molar-refractivity contribution >= 4 is 5.97 Å². The van der Waals surface area contributed by atoms with E-state index in [1.165, 1.54) is 70.6 Å². The third-order valence-corrected chi connectivity index (χ3v) is 4.37. The fourth-order valence-corrected chi connectivity index (χ4v) is 2.78. The lowest BCUT2D eigenvalue weighted by molar-refractivity contribution is -0.145. The lowest BCUT2D eigenvalue weighted by atomic mass is 10.1. The second kappa shape index (κ2) is 20.5. The van der Waals surface area contributed by atoms with Gasteiger partial charge in [-0.25, -0.2) is 0 Å². The number of carbonyl (C=O) groups is 1. The number of hydrogen-bond acceptors (Lipinski definition) is 3. The molecule has 0 aromatic carbocycles. The zero-order valence-corrected chi connectivity index (χ0v) is 16.5. The first kappa shape index (κ1) is 23.4. The zero-order valence-electron chi connectivity index (χ0n) is 16.5. The molecule has 0 amide bonds. The molecule has 0 aliphatic rings. The molecule has 0 aliphatic heterocycles. The van der Waals surface area contributed by atoms with Crippen LogP contribution >= 0.6 is 0 Å². The summed E-state index contributed by atoms with van der Waals surface area (Å²) >= 11 is 0. The third kappa shape index (κ3) is 19.5. The first-order valence-electron chi connectivity index (χ1n) is 10.5. The van der Waals surface area contributed by atoms with Crippen molar-refractivity contribution in [3.05, 3.63) is 0 Å². The van der Waals surface area contributed by atoms with Gasteiger partial charge >= 0.3 is 5.97 Å². The molecule has 0 spiro atoms. The van der Waals surface area contributed by atoms with Crippen molar-refractivity contribution < 1.29 is 14.3 Å². The van der Waals surface area contributed by atoms with Crippen LogP contribution in [0.5, 0.6) is 0 Å². The Morgan fingerprint density at radius 3 is 1.67 bits per heavy atom. The molecule has 3 nitrogen and oxygen atoms in total. The Morgan fingerprint density at radius 1 is 0.583 bits per heavy atom. The molecule has 24 heavy (non-hydrogen) atoms. The van der Waals surface area contributed by atoms with E-state index in [0.717, 1.165) is 25.9 Å². The highest BCUT2D eigenvalue weighted by molar-refractivity contribution is 5.69. The van der Waals surface area contributed by atoms with E-state index in [-0.39, 0.29) is 5.97 Å². The number of hydrogen-bond donors (Lipinski definition) is 0. The average molecular weight is 343 g/mol. The number of esters is 1. The van der Waals surface area contributed by atoms with E-state index < -0.39 is 0 Å². The Hall–Kier alpha value is -0.570. The van der Waals surface area contributed by atoms with Crippen LogP contribution in [0.2, 0.25) is 0 Å². The van der Waals surface area contributed by atoms with Gasteiger partial charge in [0.2, 0.25) is 0 Å². The average Bonchev–Trinajstić information content (AvgIpc) is 2.59. The lowest BCUT2D eigenvalue weighted by Crippen LogP contribution is -2.10. The molecule has 0 N–H and O–H groups in total. The quantitative estimate of drug-likeness (QED) is 0.200. The molecule has 0 heterocycles. The number of unbranched alkanes of at least 4 members (excludes halogenated alkanes) is 12. The highest BCUT2D eigenvalue weighted by Crippen LogP contribution is 2.12. The second-order valence-corrected chi connectivity index (χ2v) is 6.83. The molecule has 0 fully saturated rings. The van der Waals surface area contributed by atoms with E-state index in [4.69, 9.17) is 9.47 Å². The van der Waals surface area contributed by atoms with Gasteiger partial charge in [-0.1, -0.05) is 90.9 Å². The zero-order chi connectivity index (χ0) is 17.7. The third-order valence-electron chi connectivity index (χ3n) is 4.37. The maximum atomic E-state index is 11.6. The number of carbonyl (C=O) groups excluding carboxylic acids is 1. The van der Waals surface area contributed by atoms with Crippen LogP contribution in [0.3, 0.4) is 0 Å². The number of rotatable bonds is 19. The van der Waals surface area contributed by atoms with Crippen molar-refractivity contribution in [2.24, 2.45) is 0 Å². The molecule has 144 valence electrons. The Kier molecular flexibility index (Phi) is 20.0. The summed E-state index contributed by atoms with van der Waals surface area (Å²) in [5, 5.41) is 0. The molecule has 0 radical (unpaired) electrons. The molecule has 0 aliphatic carbocycles. The van der Waals surface area contributed by atoms with Gasteiger partial charge in [0.15, 0.2) is 0 Å². The Morgan fingerprint density at radius 2 is 1.08 bits per heavy atom. The molecule has 3 heteroatoms. The molecule has 0 saturated carbocycles. The van der Waals surface area contributed by atoms with Gasteiger partial charge in [0, 0.05) is 13.0 Å². The standard InChI is InChI=1S/C21H42O3/c1-3-5-7-8-9-10-11-12-13-14-15-17-21(22)24-20-19-23-18-16-6-4-2/h3-20H2,1-2H3. The Labute approximate surface area is 150 Å². The van der Waals surface area contributed by atoms with E-state index in [1.807, 2.05) is 0 Å². The topological polar surface area (TPSA) is 35.5 Å². The van der Waals surface area contributed by atoms with E-state index in [0.29, 0.717) is 19.6 Å². The summed E-state index contributed by atoms with van der Waals surface area (Å²) in [6, 6.07) is 0. The summed E-state index contributed by atoms with van der Waals surface area (Å²) in [5.74, 6) is -0.0666. The van der Waals surface area contributed by atoms with Crippen LogP contribution in [0.4, 0.5) is 0 Å². The van der Waals surface area contributed by atoms with Crippen LogP contribution in [-0.2, 0) is 14.3 Å². The van der Waals surface area contributed by atoms with Gasteiger partial charge in [-0.2, -0.15) is 0 Å². The van der Waals surface area contributed by atoms with Crippen molar-refractivity contribution in [3.8, 4) is 0 Å². The molecule has 0 bridgehead atoms. The summed E-state index contributed by atoms with van der Waals surface area (Å²) in [7, 11) is 0. The normalized spacial score (nSPS) is 10.9. The SMILES string of the molecule is CCCCCCCCCCCCCC(=O)OCCOCCCCC. The van der Waals surface area contributed by atoms with Crippen LogP contribution in [0.15, 0.2) is 0 Å². The number of ether oxygens (including phenoxy) is 2. The Bertz CT molecular complexity index is 253. The van der Waals surface area contributed by atoms with Crippen LogP contribution in [-0.4, -0.2) is 25.8 Å². The van der Waals surface area contributed by atoms with Crippen LogP contribution in [0, 0.1) is 0 Å². The molecule has 0 aromatic rings. The molecule has 0 rings (SSSR count). The van der Waals surface area contributed by atoms with Crippen LogP contribution in [0.25, 0.3) is 0 Å². The largest absolute Gasteiger partial charge is 0.463 e. The predicted molar refractivity (Wildman–Crippen MR) is 102 cm³/mol. The molecule has 0 aromatic heterocycles. The van der Waals surface area contributed by atoms with E-state index in [9.17, 15) is 4.79 Å². The van der Waals surface area contributed by atoms with Crippen molar-refractivity contribution in [2.45, 2.75) is 110 Å². The summed E-state index contributed by atoms with van der Waals surface area (Å²) in [6.45, 7) is 6.16. The maximum Gasteiger partial charge on any atom is 0.305 e. The van der Waals surface area contributed by atoms with E-state index in [1.54, 1.807) is 0 Å². The summed E-state index contributed by atoms with van der Waals surface area (Å²) in [6.07, 6.45) is 18.4. The molecular formula is C21H42O3. The first-order valence-corrected chi connectivity index (χ1v) is 10.5. The summed E-state index contributed by atoms with van der Waals surface area (Å²) in [5.41, 5.74) is 0. The second-order valence-electron chi connectivity index (χ2n) is 6.83. The van der Waals surface area contributed by atoms with E-state index in [2.05, 4.69) is 13.8 Å². The van der Waals surface area contributed by atoms with Crippen molar-refractivity contribution in [1.29, 1.82) is 0 Å². The highest BCUT2D eigenvalue weighted by Gasteiger charge is 2.02. The summed E-state index contributed by atoms with van der Waals surface area (Å²) < 4.78 is 10.6. The van der Waals surface area contributed by atoms with Crippen molar-refractivity contribution in [2.75, 3.05) is 19.8 Å². The van der Waals surface area contributed by atoms with E-state index >= 15 is 0 Å². The minimum atomic E-state index is -0.0666. The smallest absolute Gasteiger partial charge is 0.305 e. The Balaban J connectivity index is 3.12. The fraction of sp³-hybridized carbons (Fsp3) is 0.952. The summed E-state index contributed by atoms with van der Waals surface area (Å²) in [4.78, 5) is 11.6. The van der Waals surface area contributed by atoms with Gasteiger partial charge in [0.25, 0.3) is 0 Å². The molecular weight excluding hydrogens is 300 g/mol. The first-order chi connectivity index (χ1) is 11.8.